The lowest BCUT2D eigenvalue weighted by Crippen LogP contribution is -2.54. The Labute approximate surface area is 118 Å². The molecule has 0 bridgehead atoms. The van der Waals surface area contributed by atoms with Gasteiger partial charge in [-0.3, -0.25) is 9.69 Å². The summed E-state index contributed by atoms with van der Waals surface area (Å²) >= 11 is 5.70. The Morgan fingerprint density at radius 3 is 2.95 bits per heavy atom. The molecule has 6 heteroatoms. The molecule has 2 rings (SSSR count). The van der Waals surface area contributed by atoms with Crippen molar-refractivity contribution < 1.29 is 4.79 Å². The van der Waals surface area contributed by atoms with Gasteiger partial charge in [-0.2, -0.15) is 0 Å². The lowest BCUT2D eigenvalue weighted by atomic mass is 10.2. The molecule has 1 fully saturated rings. The first-order valence-corrected chi connectivity index (χ1v) is 6.72. The zero-order chi connectivity index (χ0) is 13.8. The summed E-state index contributed by atoms with van der Waals surface area (Å²) in [6.45, 7) is 3.71. The molecule has 19 heavy (non-hydrogen) atoms. The Hall–Kier alpha value is -1.17. The van der Waals surface area contributed by atoms with Crippen LogP contribution in [0.1, 0.15) is 10.4 Å². The van der Waals surface area contributed by atoms with Gasteiger partial charge in [-0.05, 0) is 26.2 Å². The maximum absolute atomic E-state index is 12.0. The number of aromatic nitrogens is 1. The number of amides is 1. The molecule has 1 aromatic rings. The predicted octanol–water partition coefficient (Wildman–Crippen LogP) is 0.711. The van der Waals surface area contributed by atoms with E-state index in [0.717, 1.165) is 19.6 Å². The van der Waals surface area contributed by atoms with E-state index in [9.17, 15) is 4.79 Å². The lowest BCUT2D eigenvalue weighted by Gasteiger charge is -2.37. The maximum atomic E-state index is 12.0. The van der Waals surface area contributed by atoms with Gasteiger partial charge in [-0.1, -0.05) is 11.6 Å². The first kappa shape index (κ1) is 14.2. The van der Waals surface area contributed by atoms with E-state index in [1.54, 1.807) is 12.1 Å². The molecule has 0 radical (unpaired) electrons. The number of carbonyl (C=O) groups is 1. The van der Waals surface area contributed by atoms with Crippen molar-refractivity contribution in [2.45, 2.75) is 6.04 Å². The number of nitrogens with zero attached hydrogens (tertiary/aromatic N) is 3. The second-order valence-electron chi connectivity index (χ2n) is 4.98. The van der Waals surface area contributed by atoms with Crippen molar-refractivity contribution in [3.63, 3.8) is 0 Å². The monoisotopic (exact) mass is 282 g/mol. The number of nitrogens with one attached hydrogen (secondary N) is 1. The average molecular weight is 283 g/mol. The van der Waals surface area contributed by atoms with Crippen LogP contribution in [0.15, 0.2) is 18.3 Å². The summed E-state index contributed by atoms with van der Waals surface area (Å²) in [6.07, 6.45) is 1.49. The van der Waals surface area contributed by atoms with E-state index >= 15 is 0 Å². The van der Waals surface area contributed by atoms with Crippen LogP contribution < -0.4 is 5.32 Å². The van der Waals surface area contributed by atoms with Crippen molar-refractivity contribution in [1.29, 1.82) is 0 Å². The highest BCUT2D eigenvalue weighted by Crippen LogP contribution is 2.07. The van der Waals surface area contributed by atoms with Crippen molar-refractivity contribution >= 4 is 17.5 Å². The van der Waals surface area contributed by atoms with Gasteiger partial charge in [0, 0.05) is 38.4 Å². The Balaban J connectivity index is 1.87. The predicted molar refractivity (Wildman–Crippen MR) is 75.5 cm³/mol. The number of hydrogen-bond acceptors (Lipinski definition) is 4. The first-order valence-electron chi connectivity index (χ1n) is 6.35. The molecule has 0 aliphatic carbocycles. The molecule has 1 saturated heterocycles. The number of hydrogen-bond donors (Lipinski definition) is 1. The zero-order valence-electron chi connectivity index (χ0n) is 11.3. The number of carbonyl (C=O) groups excluding carboxylic acids is 1. The molecule has 1 N–H and O–H groups in total. The molecule has 1 aliphatic heterocycles. The summed E-state index contributed by atoms with van der Waals surface area (Å²) in [5.41, 5.74) is 0.538. The van der Waals surface area contributed by atoms with E-state index < -0.39 is 0 Å². The van der Waals surface area contributed by atoms with Crippen LogP contribution in [0.25, 0.3) is 0 Å². The highest BCUT2D eigenvalue weighted by Gasteiger charge is 2.22. The summed E-state index contributed by atoms with van der Waals surface area (Å²) in [6, 6.07) is 3.65. The van der Waals surface area contributed by atoms with Crippen molar-refractivity contribution in [1.82, 2.24) is 20.1 Å². The van der Waals surface area contributed by atoms with Crippen molar-refractivity contribution in [2.75, 3.05) is 40.3 Å². The molecule has 0 aromatic carbocycles. The third kappa shape index (κ3) is 3.89. The van der Waals surface area contributed by atoms with Crippen molar-refractivity contribution in [3.05, 3.63) is 29.0 Å². The summed E-state index contributed by atoms with van der Waals surface area (Å²) < 4.78 is 0. The van der Waals surface area contributed by atoms with Crippen molar-refractivity contribution in [3.8, 4) is 0 Å². The number of rotatable bonds is 3. The highest BCUT2D eigenvalue weighted by atomic mass is 35.5. The molecular formula is C13H19ClN4O. The van der Waals surface area contributed by atoms with Crippen LogP contribution >= 0.6 is 11.6 Å². The number of likely N-dealkylation sites (N-methyl/N-ethyl adjacent to an activating group) is 2. The molecule has 104 valence electrons. The molecule has 1 aromatic heterocycles. The van der Waals surface area contributed by atoms with Crippen LogP contribution in [-0.4, -0.2) is 67.0 Å². The van der Waals surface area contributed by atoms with Gasteiger partial charge < -0.3 is 10.2 Å². The highest BCUT2D eigenvalue weighted by molar-refractivity contribution is 6.29. The second-order valence-corrected chi connectivity index (χ2v) is 5.36. The molecule has 0 saturated carbocycles. The summed E-state index contributed by atoms with van der Waals surface area (Å²) in [5.74, 6) is -0.106. The largest absolute Gasteiger partial charge is 0.350 e. The Morgan fingerprint density at radius 1 is 1.47 bits per heavy atom. The molecule has 5 nitrogen and oxygen atoms in total. The van der Waals surface area contributed by atoms with Gasteiger partial charge in [0.15, 0.2) is 0 Å². The topological polar surface area (TPSA) is 48.5 Å². The minimum Gasteiger partial charge on any atom is -0.350 e. The molecular weight excluding hydrogens is 264 g/mol. The van der Waals surface area contributed by atoms with Crippen LogP contribution in [-0.2, 0) is 0 Å². The van der Waals surface area contributed by atoms with Crippen LogP contribution in [0.3, 0.4) is 0 Å². The van der Waals surface area contributed by atoms with Crippen LogP contribution in [0, 0.1) is 0 Å². The number of pyridine rings is 1. The fourth-order valence-electron chi connectivity index (χ4n) is 2.14. The third-order valence-electron chi connectivity index (χ3n) is 3.47. The minimum absolute atomic E-state index is 0.106. The van der Waals surface area contributed by atoms with E-state index in [-0.39, 0.29) is 5.91 Å². The zero-order valence-corrected chi connectivity index (χ0v) is 12.0. The maximum Gasteiger partial charge on any atom is 0.252 e. The van der Waals surface area contributed by atoms with Gasteiger partial charge in [0.25, 0.3) is 5.91 Å². The SMILES string of the molecule is CN1CCN(C)C(CNC(=O)c2ccc(Cl)nc2)C1. The van der Waals surface area contributed by atoms with E-state index in [1.807, 2.05) is 0 Å². The van der Waals surface area contributed by atoms with Crippen molar-refractivity contribution in [2.24, 2.45) is 0 Å². The Bertz CT molecular complexity index is 437. The smallest absolute Gasteiger partial charge is 0.252 e. The molecule has 1 amide bonds. The summed E-state index contributed by atoms with van der Waals surface area (Å²) in [5, 5.41) is 3.34. The van der Waals surface area contributed by atoms with E-state index in [0.29, 0.717) is 23.3 Å². The lowest BCUT2D eigenvalue weighted by molar-refractivity contribution is 0.0881. The van der Waals surface area contributed by atoms with Gasteiger partial charge in [-0.25, -0.2) is 4.98 Å². The van der Waals surface area contributed by atoms with E-state index in [1.165, 1.54) is 6.20 Å². The molecule has 0 spiro atoms. The Kier molecular flexibility index (Phi) is 4.74. The molecule has 1 unspecified atom stereocenters. The van der Waals surface area contributed by atoms with E-state index in [2.05, 4.69) is 34.2 Å². The standard InChI is InChI=1S/C13H19ClN4O/c1-17-5-6-18(2)11(9-17)8-16-13(19)10-3-4-12(14)15-7-10/h3-4,7,11H,5-6,8-9H2,1-2H3,(H,16,19). The summed E-state index contributed by atoms with van der Waals surface area (Å²) in [4.78, 5) is 20.4. The van der Waals surface area contributed by atoms with Gasteiger partial charge in [0.05, 0.1) is 5.56 Å². The van der Waals surface area contributed by atoms with Gasteiger partial charge in [0.2, 0.25) is 0 Å². The molecule has 1 aliphatic rings. The fourth-order valence-corrected chi connectivity index (χ4v) is 2.26. The number of piperazine rings is 1. The van der Waals surface area contributed by atoms with E-state index in [4.69, 9.17) is 11.6 Å². The average Bonchev–Trinajstić information content (AvgIpc) is 2.40. The van der Waals surface area contributed by atoms with Crippen LogP contribution in [0.2, 0.25) is 5.15 Å². The second kappa shape index (κ2) is 6.32. The number of halogens is 1. The normalized spacial score (nSPS) is 21.3. The van der Waals surface area contributed by atoms with Crippen LogP contribution in [0.4, 0.5) is 0 Å². The van der Waals surface area contributed by atoms with Gasteiger partial charge >= 0.3 is 0 Å². The summed E-state index contributed by atoms with van der Waals surface area (Å²) in [7, 11) is 4.19. The fraction of sp³-hybridized carbons (Fsp3) is 0.538. The molecule has 1 atom stereocenters. The quantitative estimate of drug-likeness (QED) is 0.830. The molecule has 2 heterocycles. The van der Waals surface area contributed by atoms with Crippen LogP contribution in [0.5, 0.6) is 0 Å². The third-order valence-corrected chi connectivity index (χ3v) is 3.69. The Morgan fingerprint density at radius 2 is 2.26 bits per heavy atom. The van der Waals surface area contributed by atoms with Gasteiger partial charge in [0.1, 0.15) is 5.15 Å². The minimum atomic E-state index is -0.106. The first-order chi connectivity index (χ1) is 9.06. The van der Waals surface area contributed by atoms with Gasteiger partial charge in [-0.15, -0.1) is 0 Å².